The van der Waals surface area contributed by atoms with Crippen LogP contribution >= 0.6 is 0 Å². The van der Waals surface area contributed by atoms with Crippen LogP contribution in [0, 0.1) is 13.8 Å². The van der Waals surface area contributed by atoms with Crippen LogP contribution in [0.3, 0.4) is 0 Å². The van der Waals surface area contributed by atoms with E-state index in [0.29, 0.717) is 35.8 Å². The van der Waals surface area contributed by atoms with Gasteiger partial charge in [0.2, 0.25) is 0 Å². The summed E-state index contributed by atoms with van der Waals surface area (Å²) < 4.78 is 16.0. The quantitative estimate of drug-likeness (QED) is 0.594. The number of rotatable bonds is 8. The van der Waals surface area contributed by atoms with E-state index in [1.54, 1.807) is 39.3 Å². The van der Waals surface area contributed by atoms with Crippen LogP contribution in [0.4, 0.5) is 0 Å². The molecule has 0 bridgehead atoms. The second kappa shape index (κ2) is 10.6. The van der Waals surface area contributed by atoms with Gasteiger partial charge in [-0.3, -0.25) is 4.79 Å². The first kappa shape index (κ1) is 23.7. The maximum atomic E-state index is 13.7. The fraction of sp³-hybridized carbons (Fsp3) is 0.520. The second-order valence-corrected chi connectivity index (χ2v) is 8.28. The highest BCUT2D eigenvalue weighted by atomic mass is 16.5. The summed E-state index contributed by atoms with van der Waals surface area (Å²) in [5.41, 5.74) is 3.53. The Labute approximate surface area is 190 Å². The molecule has 3 rings (SSSR count). The number of amides is 1. The molecule has 1 amide bonds. The van der Waals surface area contributed by atoms with E-state index in [4.69, 9.17) is 14.2 Å². The van der Waals surface area contributed by atoms with Crippen LogP contribution in [0.2, 0.25) is 0 Å². The zero-order valence-electron chi connectivity index (χ0n) is 19.7. The van der Waals surface area contributed by atoms with Crippen molar-refractivity contribution in [2.24, 2.45) is 0 Å². The third kappa shape index (κ3) is 5.09. The average Bonchev–Trinajstić information content (AvgIpc) is 3.09. The molecule has 0 unspecified atom stereocenters. The summed E-state index contributed by atoms with van der Waals surface area (Å²) >= 11 is 0. The van der Waals surface area contributed by atoms with Crippen molar-refractivity contribution in [2.45, 2.75) is 65.5 Å². The van der Waals surface area contributed by atoms with Gasteiger partial charge in [-0.2, -0.15) is 0 Å². The number of nitrogens with one attached hydrogen (secondary N) is 1. The summed E-state index contributed by atoms with van der Waals surface area (Å²) in [5.74, 6) is 0.747. The molecule has 1 N–H and O–H groups in total. The van der Waals surface area contributed by atoms with Gasteiger partial charge in [-0.15, -0.1) is 0 Å². The summed E-state index contributed by atoms with van der Waals surface area (Å²) in [4.78, 5) is 31.4. The van der Waals surface area contributed by atoms with Gasteiger partial charge in [-0.05, 0) is 51.3 Å². The summed E-state index contributed by atoms with van der Waals surface area (Å²) in [6.45, 7) is 6.28. The molecule has 1 aromatic heterocycles. The Morgan fingerprint density at radius 1 is 1.03 bits per heavy atom. The van der Waals surface area contributed by atoms with Crippen molar-refractivity contribution in [1.82, 2.24) is 9.88 Å². The molecular weight excluding hydrogens is 408 g/mol. The van der Waals surface area contributed by atoms with Gasteiger partial charge in [0.15, 0.2) is 0 Å². The molecule has 2 aromatic rings. The predicted molar refractivity (Wildman–Crippen MR) is 123 cm³/mol. The van der Waals surface area contributed by atoms with Gasteiger partial charge in [0, 0.05) is 29.1 Å². The van der Waals surface area contributed by atoms with Crippen molar-refractivity contribution in [3.63, 3.8) is 0 Å². The van der Waals surface area contributed by atoms with E-state index in [9.17, 15) is 9.59 Å². The van der Waals surface area contributed by atoms with Crippen molar-refractivity contribution in [3.8, 4) is 11.5 Å². The molecule has 7 nitrogen and oxygen atoms in total. The normalized spacial score (nSPS) is 14.2. The van der Waals surface area contributed by atoms with Gasteiger partial charge >= 0.3 is 5.97 Å². The highest BCUT2D eigenvalue weighted by molar-refractivity contribution is 5.96. The van der Waals surface area contributed by atoms with Gasteiger partial charge in [-0.25, -0.2) is 4.79 Å². The van der Waals surface area contributed by atoms with Crippen molar-refractivity contribution in [1.29, 1.82) is 0 Å². The molecule has 174 valence electrons. The standard InChI is InChI=1S/C25H34N2O5/c1-6-32-25(29)23-16(2)22(26-17(23)3)15-27(19-10-8-7-9-11-19)24(28)18-12-20(30-4)14-21(13-18)31-5/h12-14,19,26H,6-11,15H2,1-5H3. The molecule has 0 spiro atoms. The zero-order valence-corrected chi connectivity index (χ0v) is 19.7. The minimum absolute atomic E-state index is 0.0709. The molecule has 0 aliphatic heterocycles. The number of aromatic amines is 1. The molecule has 0 atom stereocenters. The first-order valence-corrected chi connectivity index (χ1v) is 11.3. The van der Waals surface area contributed by atoms with E-state index in [-0.39, 0.29) is 17.9 Å². The van der Waals surface area contributed by atoms with Crippen LogP contribution in [0.5, 0.6) is 11.5 Å². The van der Waals surface area contributed by atoms with E-state index in [1.807, 2.05) is 18.7 Å². The monoisotopic (exact) mass is 442 g/mol. The first-order chi connectivity index (χ1) is 15.4. The fourth-order valence-corrected chi connectivity index (χ4v) is 4.51. The number of benzene rings is 1. The SMILES string of the molecule is CCOC(=O)c1c(C)[nH]c(CN(C(=O)c2cc(OC)cc(OC)c2)C2CCCCC2)c1C. The number of ether oxygens (including phenoxy) is 3. The van der Waals surface area contributed by atoms with Crippen LogP contribution in [-0.4, -0.2) is 48.6 Å². The molecule has 1 aliphatic carbocycles. The van der Waals surface area contributed by atoms with Crippen LogP contribution in [0.1, 0.15) is 76.7 Å². The Morgan fingerprint density at radius 2 is 1.66 bits per heavy atom. The van der Waals surface area contributed by atoms with E-state index in [1.165, 1.54) is 6.42 Å². The third-order valence-electron chi connectivity index (χ3n) is 6.22. The Kier molecular flexibility index (Phi) is 7.83. The Balaban J connectivity index is 1.97. The number of H-pyrrole nitrogens is 1. The van der Waals surface area contributed by atoms with Crippen LogP contribution < -0.4 is 9.47 Å². The highest BCUT2D eigenvalue weighted by Crippen LogP contribution is 2.30. The van der Waals surface area contributed by atoms with E-state index >= 15 is 0 Å². The Morgan fingerprint density at radius 3 is 2.22 bits per heavy atom. The Hall–Kier alpha value is -2.96. The van der Waals surface area contributed by atoms with E-state index in [2.05, 4.69) is 4.98 Å². The molecule has 0 radical (unpaired) electrons. The minimum Gasteiger partial charge on any atom is -0.497 e. The molecule has 1 aliphatic rings. The lowest BCUT2D eigenvalue weighted by Crippen LogP contribution is -2.41. The third-order valence-corrected chi connectivity index (χ3v) is 6.22. The van der Waals surface area contributed by atoms with Crippen LogP contribution in [0.15, 0.2) is 18.2 Å². The molecule has 7 heteroatoms. The van der Waals surface area contributed by atoms with Gasteiger partial charge in [0.05, 0.1) is 32.9 Å². The number of aryl methyl sites for hydroxylation is 1. The number of carbonyl (C=O) groups excluding carboxylic acids is 2. The molecule has 1 heterocycles. The molecular formula is C25H34N2O5. The number of nitrogens with zero attached hydrogens (tertiary/aromatic N) is 1. The van der Waals surface area contributed by atoms with E-state index < -0.39 is 0 Å². The number of esters is 1. The number of carbonyl (C=O) groups is 2. The summed E-state index contributed by atoms with van der Waals surface area (Å²) in [6.07, 6.45) is 5.34. The van der Waals surface area contributed by atoms with Gasteiger partial charge in [-0.1, -0.05) is 19.3 Å². The van der Waals surface area contributed by atoms with Crippen molar-refractivity contribution >= 4 is 11.9 Å². The molecule has 1 saturated carbocycles. The molecule has 32 heavy (non-hydrogen) atoms. The lowest BCUT2D eigenvalue weighted by Gasteiger charge is -2.34. The topological polar surface area (TPSA) is 80.9 Å². The van der Waals surface area contributed by atoms with Crippen molar-refractivity contribution in [2.75, 3.05) is 20.8 Å². The van der Waals surface area contributed by atoms with Gasteiger partial charge in [0.25, 0.3) is 5.91 Å². The predicted octanol–water partition coefficient (Wildman–Crippen LogP) is 4.80. The maximum Gasteiger partial charge on any atom is 0.340 e. The molecule has 1 fully saturated rings. The largest absolute Gasteiger partial charge is 0.497 e. The van der Waals surface area contributed by atoms with Gasteiger partial charge < -0.3 is 24.1 Å². The van der Waals surface area contributed by atoms with Crippen molar-refractivity contribution in [3.05, 3.63) is 46.3 Å². The molecule has 0 saturated heterocycles. The smallest absolute Gasteiger partial charge is 0.340 e. The lowest BCUT2D eigenvalue weighted by molar-refractivity contribution is 0.0524. The number of methoxy groups -OCH3 is 2. The van der Waals surface area contributed by atoms with E-state index in [0.717, 1.165) is 42.6 Å². The number of hydrogen-bond donors (Lipinski definition) is 1. The minimum atomic E-state index is -0.335. The fourth-order valence-electron chi connectivity index (χ4n) is 4.51. The lowest BCUT2D eigenvalue weighted by atomic mass is 9.93. The summed E-state index contributed by atoms with van der Waals surface area (Å²) in [7, 11) is 3.15. The summed E-state index contributed by atoms with van der Waals surface area (Å²) in [5, 5.41) is 0. The average molecular weight is 443 g/mol. The van der Waals surface area contributed by atoms with Crippen molar-refractivity contribution < 1.29 is 23.8 Å². The van der Waals surface area contributed by atoms with Crippen LogP contribution in [0.25, 0.3) is 0 Å². The molecule has 1 aromatic carbocycles. The zero-order chi connectivity index (χ0) is 23.3. The number of aromatic nitrogens is 1. The summed E-state index contributed by atoms with van der Waals surface area (Å²) in [6, 6.07) is 5.39. The Bertz CT molecular complexity index is 937. The maximum absolute atomic E-state index is 13.7. The van der Waals surface area contributed by atoms with Crippen LogP contribution in [-0.2, 0) is 11.3 Å². The number of hydrogen-bond acceptors (Lipinski definition) is 5. The first-order valence-electron chi connectivity index (χ1n) is 11.3. The second-order valence-electron chi connectivity index (χ2n) is 8.28. The van der Waals surface area contributed by atoms with Gasteiger partial charge in [0.1, 0.15) is 11.5 Å². The highest BCUT2D eigenvalue weighted by Gasteiger charge is 2.29.